The van der Waals surface area contributed by atoms with Crippen LogP contribution in [-0.4, -0.2) is 11.9 Å². The van der Waals surface area contributed by atoms with Crippen molar-refractivity contribution >= 4 is 5.91 Å². The van der Waals surface area contributed by atoms with E-state index in [1.807, 2.05) is 30.3 Å². The van der Waals surface area contributed by atoms with Crippen molar-refractivity contribution in [3.05, 3.63) is 35.9 Å². The van der Waals surface area contributed by atoms with Gasteiger partial charge >= 0.3 is 0 Å². The molecule has 0 saturated heterocycles. The molecular formula is C12H15NO. The number of rotatable bonds is 2. The van der Waals surface area contributed by atoms with Gasteiger partial charge < -0.3 is 5.32 Å². The second-order valence-corrected chi connectivity index (χ2v) is 4.00. The van der Waals surface area contributed by atoms with Gasteiger partial charge in [-0.05, 0) is 30.9 Å². The number of carbonyl (C=O) groups is 1. The van der Waals surface area contributed by atoms with Gasteiger partial charge in [0.25, 0.3) is 5.91 Å². The molecule has 1 aromatic carbocycles. The van der Waals surface area contributed by atoms with Crippen molar-refractivity contribution in [2.75, 3.05) is 0 Å². The maximum atomic E-state index is 11.7. The molecule has 2 heteroatoms. The maximum Gasteiger partial charge on any atom is 0.251 e. The van der Waals surface area contributed by atoms with Crippen LogP contribution in [0.15, 0.2) is 30.3 Å². The molecule has 1 aliphatic rings. The second-order valence-electron chi connectivity index (χ2n) is 4.00. The van der Waals surface area contributed by atoms with Crippen LogP contribution in [0.4, 0.5) is 0 Å². The zero-order valence-corrected chi connectivity index (χ0v) is 8.36. The predicted octanol–water partition coefficient (Wildman–Crippen LogP) is 2.21. The molecule has 1 saturated carbocycles. The minimum absolute atomic E-state index is 0.0575. The van der Waals surface area contributed by atoms with Gasteiger partial charge in [-0.3, -0.25) is 4.79 Å². The first-order valence-electron chi connectivity index (χ1n) is 5.13. The van der Waals surface area contributed by atoms with Crippen LogP contribution in [0.2, 0.25) is 0 Å². The quantitative estimate of drug-likeness (QED) is 0.759. The average Bonchev–Trinajstić information content (AvgIpc) is 2.24. The maximum absolute atomic E-state index is 11.7. The third kappa shape index (κ3) is 1.79. The number of carbonyl (C=O) groups excluding carboxylic acids is 1. The number of nitrogens with one attached hydrogen (secondary N) is 1. The van der Waals surface area contributed by atoms with E-state index >= 15 is 0 Å². The van der Waals surface area contributed by atoms with E-state index < -0.39 is 0 Å². The molecule has 1 N–H and O–H groups in total. The van der Waals surface area contributed by atoms with Gasteiger partial charge in [-0.1, -0.05) is 25.1 Å². The smallest absolute Gasteiger partial charge is 0.251 e. The molecule has 0 radical (unpaired) electrons. The van der Waals surface area contributed by atoms with Gasteiger partial charge in [-0.2, -0.15) is 0 Å². The highest BCUT2D eigenvalue weighted by atomic mass is 16.1. The van der Waals surface area contributed by atoms with E-state index in [1.165, 1.54) is 6.42 Å². The molecule has 2 atom stereocenters. The third-order valence-corrected chi connectivity index (χ3v) is 2.97. The number of benzene rings is 1. The van der Waals surface area contributed by atoms with E-state index in [-0.39, 0.29) is 5.91 Å². The van der Waals surface area contributed by atoms with Gasteiger partial charge in [0.1, 0.15) is 0 Å². The highest BCUT2D eigenvalue weighted by Crippen LogP contribution is 2.26. The highest BCUT2D eigenvalue weighted by molar-refractivity contribution is 5.94. The van der Waals surface area contributed by atoms with Crippen molar-refractivity contribution in [2.24, 2.45) is 5.92 Å². The molecule has 2 rings (SSSR count). The van der Waals surface area contributed by atoms with E-state index in [0.29, 0.717) is 12.0 Å². The Morgan fingerprint density at radius 2 is 2.00 bits per heavy atom. The molecule has 74 valence electrons. The monoisotopic (exact) mass is 189 g/mol. The lowest BCUT2D eigenvalue weighted by atomic mass is 9.81. The summed E-state index contributed by atoms with van der Waals surface area (Å²) in [5.74, 6) is 0.699. The number of hydrogen-bond acceptors (Lipinski definition) is 1. The lowest BCUT2D eigenvalue weighted by Crippen LogP contribution is -2.45. The Kier molecular flexibility index (Phi) is 2.53. The molecule has 1 fully saturated rings. The van der Waals surface area contributed by atoms with E-state index in [4.69, 9.17) is 0 Å². The predicted molar refractivity (Wildman–Crippen MR) is 56.1 cm³/mol. The molecule has 0 heterocycles. The summed E-state index contributed by atoms with van der Waals surface area (Å²) in [6, 6.07) is 9.78. The van der Waals surface area contributed by atoms with Crippen molar-refractivity contribution in [1.82, 2.24) is 5.32 Å². The SMILES string of the molecule is CC1CCC1NC(=O)c1ccccc1. The Morgan fingerprint density at radius 1 is 1.29 bits per heavy atom. The molecule has 14 heavy (non-hydrogen) atoms. The van der Waals surface area contributed by atoms with Gasteiger partial charge in [0.05, 0.1) is 0 Å². The lowest BCUT2D eigenvalue weighted by molar-refractivity contribution is 0.0884. The van der Waals surface area contributed by atoms with Crippen molar-refractivity contribution in [1.29, 1.82) is 0 Å². The molecule has 0 spiro atoms. The van der Waals surface area contributed by atoms with E-state index in [1.54, 1.807) is 0 Å². The van der Waals surface area contributed by atoms with Crippen LogP contribution in [0.3, 0.4) is 0 Å². The molecule has 0 aliphatic heterocycles. The van der Waals surface area contributed by atoms with Crippen molar-refractivity contribution in [2.45, 2.75) is 25.8 Å². The Labute approximate surface area is 84.3 Å². The first kappa shape index (κ1) is 9.25. The Morgan fingerprint density at radius 3 is 2.50 bits per heavy atom. The Hall–Kier alpha value is -1.31. The lowest BCUT2D eigenvalue weighted by Gasteiger charge is -2.34. The molecule has 1 aromatic rings. The minimum atomic E-state index is 0.0575. The first-order valence-corrected chi connectivity index (χ1v) is 5.13. The van der Waals surface area contributed by atoms with Crippen LogP contribution in [0.25, 0.3) is 0 Å². The van der Waals surface area contributed by atoms with Gasteiger partial charge in [-0.15, -0.1) is 0 Å². The normalized spacial score (nSPS) is 25.2. The summed E-state index contributed by atoms with van der Waals surface area (Å²) in [5.41, 5.74) is 0.756. The summed E-state index contributed by atoms with van der Waals surface area (Å²) in [6.07, 6.45) is 2.36. The van der Waals surface area contributed by atoms with Crippen LogP contribution in [0.1, 0.15) is 30.1 Å². The number of amides is 1. The minimum Gasteiger partial charge on any atom is -0.349 e. The zero-order valence-electron chi connectivity index (χ0n) is 8.36. The van der Waals surface area contributed by atoms with Crippen LogP contribution < -0.4 is 5.32 Å². The molecule has 1 aliphatic carbocycles. The Balaban J connectivity index is 1.96. The summed E-state index contributed by atoms with van der Waals surface area (Å²) < 4.78 is 0. The van der Waals surface area contributed by atoms with Gasteiger partial charge in [0, 0.05) is 11.6 Å². The topological polar surface area (TPSA) is 29.1 Å². The van der Waals surface area contributed by atoms with Crippen LogP contribution in [0.5, 0.6) is 0 Å². The number of hydrogen-bond donors (Lipinski definition) is 1. The highest BCUT2D eigenvalue weighted by Gasteiger charge is 2.27. The molecular weight excluding hydrogens is 174 g/mol. The molecule has 2 nitrogen and oxygen atoms in total. The van der Waals surface area contributed by atoms with Gasteiger partial charge in [0.15, 0.2) is 0 Å². The summed E-state index contributed by atoms with van der Waals surface area (Å²) in [4.78, 5) is 11.7. The first-order chi connectivity index (χ1) is 6.77. The van der Waals surface area contributed by atoms with Crippen molar-refractivity contribution in [3.8, 4) is 0 Å². The van der Waals surface area contributed by atoms with Crippen molar-refractivity contribution in [3.63, 3.8) is 0 Å². The standard InChI is InChI=1S/C12H15NO/c1-9-7-8-11(9)13-12(14)10-5-3-2-4-6-10/h2-6,9,11H,7-8H2,1H3,(H,13,14). The van der Waals surface area contributed by atoms with Gasteiger partial charge in [0.2, 0.25) is 0 Å². The largest absolute Gasteiger partial charge is 0.349 e. The van der Waals surface area contributed by atoms with Crippen LogP contribution in [-0.2, 0) is 0 Å². The molecule has 0 aromatic heterocycles. The van der Waals surface area contributed by atoms with Crippen molar-refractivity contribution < 1.29 is 4.79 Å². The molecule has 1 amide bonds. The summed E-state index contributed by atoms with van der Waals surface area (Å²) >= 11 is 0. The molecule has 2 unspecified atom stereocenters. The fourth-order valence-electron chi connectivity index (χ4n) is 1.72. The van der Waals surface area contributed by atoms with E-state index in [9.17, 15) is 4.79 Å². The summed E-state index contributed by atoms with van der Waals surface area (Å²) in [6.45, 7) is 2.18. The fraction of sp³-hybridized carbons (Fsp3) is 0.417. The third-order valence-electron chi connectivity index (χ3n) is 2.97. The van der Waals surface area contributed by atoms with Crippen LogP contribution in [0, 0.1) is 5.92 Å². The second kappa shape index (κ2) is 3.82. The van der Waals surface area contributed by atoms with E-state index in [2.05, 4.69) is 12.2 Å². The Bertz CT molecular complexity index is 320. The fourth-order valence-corrected chi connectivity index (χ4v) is 1.72. The van der Waals surface area contributed by atoms with E-state index in [0.717, 1.165) is 12.0 Å². The van der Waals surface area contributed by atoms with Gasteiger partial charge in [-0.25, -0.2) is 0 Å². The zero-order chi connectivity index (χ0) is 9.97. The average molecular weight is 189 g/mol. The van der Waals surface area contributed by atoms with Crippen LogP contribution >= 0.6 is 0 Å². The summed E-state index contributed by atoms with van der Waals surface area (Å²) in [7, 11) is 0. The summed E-state index contributed by atoms with van der Waals surface area (Å²) in [5, 5.41) is 3.04. The molecule has 0 bridgehead atoms.